The molecule has 26 heavy (non-hydrogen) atoms. The minimum Gasteiger partial charge on any atom is -0.496 e. The van der Waals surface area contributed by atoms with Crippen LogP contribution in [0.3, 0.4) is 0 Å². The molecule has 5 nitrogen and oxygen atoms in total. The fraction of sp³-hybridized carbons (Fsp3) is 0.450. The minimum absolute atomic E-state index is 0.0719. The Kier molecular flexibility index (Phi) is 6.66. The van der Waals surface area contributed by atoms with Crippen molar-refractivity contribution in [2.45, 2.75) is 26.1 Å². The van der Waals surface area contributed by atoms with Crippen molar-refractivity contribution in [1.82, 2.24) is 15.1 Å². The van der Waals surface area contributed by atoms with Crippen LogP contribution in [0, 0.1) is 0 Å². The Bertz CT molecular complexity index is 697. The number of benzene rings is 1. The molecule has 0 radical (unpaired) electrons. The van der Waals surface area contributed by atoms with Gasteiger partial charge in [0, 0.05) is 49.7 Å². The quantitative estimate of drug-likeness (QED) is 0.810. The molecule has 6 heteroatoms. The van der Waals surface area contributed by atoms with Gasteiger partial charge in [-0.2, -0.15) is 0 Å². The average molecular weight is 374 g/mol. The number of nitrogens with zero attached hydrogens (tertiary/aromatic N) is 2. The molecule has 1 atom stereocenters. The molecule has 2 aromatic rings. The summed E-state index contributed by atoms with van der Waals surface area (Å²) in [4.78, 5) is 18.7. The maximum absolute atomic E-state index is 12.5. The second-order valence-electron chi connectivity index (χ2n) is 6.60. The normalized spacial score (nSPS) is 17.0. The Balaban J connectivity index is 1.45. The van der Waals surface area contributed by atoms with E-state index in [0.29, 0.717) is 6.54 Å². The molecule has 0 spiro atoms. The highest BCUT2D eigenvalue weighted by Crippen LogP contribution is 2.17. The third-order valence-corrected chi connectivity index (χ3v) is 5.80. The van der Waals surface area contributed by atoms with E-state index in [1.165, 1.54) is 4.88 Å². The Morgan fingerprint density at radius 3 is 2.65 bits per heavy atom. The van der Waals surface area contributed by atoms with Crippen molar-refractivity contribution in [3.05, 3.63) is 52.2 Å². The molecule has 0 aliphatic carbocycles. The fourth-order valence-electron chi connectivity index (χ4n) is 3.28. The molecular weight excluding hydrogens is 346 g/mol. The van der Waals surface area contributed by atoms with Crippen LogP contribution < -0.4 is 10.1 Å². The van der Waals surface area contributed by atoms with Crippen LogP contribution in [0.4, 0.5) is 0 Å². The first kappa shape index (κ1) is 18.9. The van der Waals surface area contributed by atoms with Crippen LogP contribution in [-0.2, 0) is 17.9 Å². The van der Waals surface area contributed by atoms with Gasteiger partial charge in [0.2, 0.25) is 5.91 Å². The average Bonchev–Trinajstić information content (AvgIpc) is 3.19. The van der Waals surface area contributed by atoms with E-state index in [1.807, 2.05) is 31.2 Å². The van der Waals surface area contributed by atoms with Crippen LogP contribution in [0.5, 0.6) is 5.75 Å². The van der Waals surface area contributed by atoms with Crippen LogP contribution in [0.25, 0.3) is 0 Å². The Hall–Kier alpha value is -1.89. The number of carbonyl (C=O) groups excluding carboxylic acids is 1. The summed E-state index contributed by atoms with van der Waals surface area (Å²) < 4.78 is 5.34. The van der Waals surface area contributed by atoms with Crippen molar-refractivity contribution in [1.29, 1.82) is 0 Å². The number of ether oxygens (including phenoxy) is 1. The third kappa shape index (κ3) is 4.84. The Morgan fingerprint density at radius 1 is 1.19 bits per heavy atom. The lowest BCUT2D eigenvalue weighted by atomic mass is 10.1. The fourth-order valence-corrected chi connectivity index (χ4v) is 4.02. The van der Waals surface area contributed by atoms with Gasteiger partial charge in [-0.3, -0.25) is 14.6 Å². The molecule has 1 aliphatic rings. The zero-order chi connectivity index (χ0) is 18.4. The molecule has 1 amide bonds. The second kappa shape index (κ2) is 9.16. The summed E-state index contributed by atoms with van der Waals surface area (Å²) in [7, 11) is 1.65. The second-order valence-corrected chi connectivity index (χ2v) is 7.63. The van der Waals surface area contributed by atoms with Crippen LogP contribution >= 0.6 is 11.3 Å². The molecule has 1 fully saturated rings. The van der Waals surface area contributed by atoms with Crippen LogP contribution in [-0.4, -0.2) is 55.0 Å². The number of thiophene rings is 1. The summed E-state index contributed by atoms with van der Waals surface area (Å²) >= 11 is 1.81. The van der Waals surface area contributed by atoms with Crippen molar-refractivity contribution >= 4 is 17.2 Å². The van der Waals surface area contributed by atoms with Gasteiger partial charge in [-0.1, -0.05) is 24.3 Å². The number of rotatable bonds is 7. The summed E-state index contributed by atoms with van der Waals surface area (Å²) in [6, 6.07) is 12.0. The van der Waals surface area contributed by atoms with Gasteiger partial charge in [-0.15, -0.1) is 11.3 Å². The molecule has 1 saturated heterocycles. The SMILES string of the molecule is COc1ccccc1CNC(=O)C(C)N1CCN(Cc2cccs2)CC1. The molecule has 1 aromatic carbocycles. The van der Waals surface area contributed by atoms with E-state index in [1.54, 1.807) is 18.4 Å². The van der Waals surface area contributed by atoms with Crippen molar-refractivity contribution in [3.63, 3.8) is 0 Å². The summed E-state index contributed by atoms with van der Waals surface area (Å²) in [6.07, 6.45) is 0. The highest BCUT2D eigenvalue weighted by atomic mass is 32.1. The minimum atomic E-state index is -0.117. The van der Waals surface area contributed by atoms with E-state index in [4.69, 9.17) is 4.74 Å². The number of hydrogen-bond acceptors (Lipinski definition) is 5. The van der Waals surface area contributed by atoms with Gasteiger partial charge >= 0.3 is 0 Å². The largest absolute Gasteiger partial charge is 0.496 e. The highest BCUT2D eigenvalue weighted by Gasteiger charge is 2.25. The lowest BCUT2D eigenvalue weighted by Gasteiger charge is -2.37. The van der Waals surface area contributed by atoms with Crippen molar-refractivity contribution in [3.8, 4) is 5.75 Å². The number of carbonyl (C=O) groups is 1. The summed E-state index contributed by atoms with van der Waals surface area (Å²) in [5, 5.41) is 5.17. The number of nitrogens with one attached hydrogen (secondary N) is 1. The summed E-state index contributed by atoms with van der Waals surface area (Å²) in [5.41, 5.74) is 0.997. The number of para-hydroxylation sites is 1. The number of methoxy groups -OCH3 is 1. The van der Waals surface area contributed by atoms with E-state index < -0.39 is 0 Å². The highest BCUT2D eigenvalue weighted by molar-refractivity contribution is 7.09. The molecule has 2 heterocycles. The van der Waals surface area contributed by atoms with Gasteiger partial charge in [0.25, 0.3) is 0 Å². The predicted octanol–water partition coefficient (Wildman–Crippen LogP) is 2.58. The van der Waals surface area contributed by atoms with Gasteiger partial charge in [0.05, 0.1) is 13.2 Å². The van der Waals surface area contributed by atoms with Gasteiger partial charge in [-0.25, -0.2) is 0 Å². The maximum atomic E-state index is 12.5. The molecule has 0 saturated carbocycles. The molecule has 3 rings (SSSR count). The van der Waals surface area contributed by atoms with E-state index >= 15 is 0 Å². The molecule has 140 valence electrons. The lowest BCUT2D eigenvalue weighted by Crippen LogP contribution is -2.53. The Labute approximate surface area is 159 Å². The van der Waals surface area contributed by atoms with Gasteiger partial charge in [0.15, 0.2) is 0 Å². The van der Waals surface area contributed by atoms with Crippen LogP contribution in [0.1, 0.15) is 17.4 Å². The maximum Gasteiger partial charge on any atom is 0.237 e. The van der Waals surface area contributed by atoms with Crippen LogP contribution in [0.2, 0.25) is 0 Å². The number of piperazine rings is 1. The molecular formula is C20H27N3O2S. The lowest BCUT2D eigenvalue weighted by molar-refractivity contribution is -0.126. The molecule has 1 aliphatic heterocycles. The van der Waals surface area contributed by atoms with E-state index in [0.717, 1.165) is 44.0 Å². The summed E-state index contributed by atoms with van der Waals surface area (Å²) in [6.45, 7) is 7.35. The van der Waals surface area contributed by atoms with E-state index in [-0.39, 0.29) is 11.9 Å². The van der Waals surface area contributed by atoms with Crippen molar-refractivity contribution < 1.29 is 9.53 Å². The first-order valence-corrected chi connectivity index (χ1v) is 9.93. The third-order valence-electron chi connectivity index (χ3n) is 4.94. The van der Waals surface area contributed by atoms with Crippen molar-refractivity contribution in [2.75, 3.05) is 33.3 Å². The molecule has 0 bridgehead atoms. The summed E-state index contributed by atoms with van der Waals surface area (Å²) in [5.74, 6) is 0.880. The van der Waals surface area contributed by atoms with Crippen molar-refractivity contribution in [2.24, 2.45) is 0 Å². The van der Waals surface area contributed by atoms with Gasteiger partial charge < -0.3 is 10.1 Å². The van der Waals surface area contributed by atoms with E-state index in [2.05, 4.69) is 32.6 Å². The number of hydrogen-bond donors (Lipinski definition) is 1. The smallest absolute Gasteiger partial charge is 0.237 e. The van der Waals surface area contributed by atoms with Gasteiger partial charge in [0.1, 0.15) is 5.75 Å². The molecule has 1 aromatic heterocycles. The zero-order valence-electron chi connectivity index (χ0n) is 15.5. The zero-order valence-corrected chi connectivity index (χ0v) is 16.3. The van der Waals surface area contributed by atoms with Crippen LogP contribution in [0.15, 0.2) is 41.8 Å². The standard InChI is InChI=1S/C20H27N3O2S/c1-16(20(24)21-14-17-6-3-4-8-19(17)25-2)23-11-9-22(10-12-23)15-18-7-5-13-26-18/h3-8,13,16H,9-12,14-15H2,1-2H3,(H,21,24). The predicted molar refractivity (Wildman–Crippen MR) is 105 cm³/mol. The van der Waals surface area contributed by atoms with E-state index in [9.17, 15) is 4.79 Å². The first-order valence-electron chi connectivity index (χ1n) is 9.06. The molecule has 1 unspecified atom stereocenters. The molecule has 1 N–H and O–H groups in total. The first-order chi connectivity index (χ1) is 12.7. The Morgan fingerprint density at radius 2 is 1.96 bits per heavy atom. The van der Waals surface area contributed by atoms with Gasteiger partial charge in [-0.05, 0) is 24.4 Å². The topological polar surface area (TPSA) is 44.8 Å². The monoisotopic (exact) mass is 373 g/mol. The number of amides is 1.